The molecule has 0 radical (unpaired) electrons. The molecule has 1 aromatic rings. The van der Waals surface area contributed by atoms with E-state index in [0.717, 1.165) is 5.56 Å². The lowest BCUT2D eigenvalue weighted by molar-refractivity contribution is -0.142. The van der Waals surface area contributed by atoms with Gasteiger partial charge in [-0.2, -0.15) is 0 Å². The number of amides is 1. The average molecular weight is 299 g/mol. The van der Waals surface area contributed by atoms with Crippen LogP contribution in [0.4, 0.5) is 0 Å². The third-order valence-corrected chi connectivity index (χ3v) is 3.76. The molecule has 0 aromatic carbocycles. The zero-order valence-electron chi connectivity index (χ0n) is 11.3. The van der Waals surface area contributed by atoms with Gasteiger partial charge in [-0.25, -0.2) is 4.79 Å². The van der Waals surface area contributed by atoms with Crippen molar-refractivity contribution in [3.8, 4) is 0 Å². The third kappa shape index (κ3) is 4.34. The molecule has 0 bridgehead atoms. The van der Waals surface area contributed by atoms with E-state index in [1.54, 1.807) is 5.38 Å². The summed E-state index contributed by atoms with van der Waals surface area (Å²) in [4.78, 5) is 34.7. The number of thiophene rings is 1. The summed E-state index contributed by atoms with van der Waals surface area (Å²) in [7, 11) is 1.23. The van der Waals surface area contributed by atoms with E-state index in [-0.39, 0.29) is 12.8 Å². The van der Waals surface area contributed by atoms with Crippen LogP contribution in [0, 0.1) is 0 Å². The van der Waals surface area contributed by atoms with Crippen LogP contribution < -0.4 is 5.32 Å². The van der Waals surface area contributed by atoms with Crippen molar-refractivity contribution in [3.63, 3.8) is 0 Å². The molecule has 7 heteroatoms. The highest BCUT2D eigenvalue weighted by Gasteiger charge is 2.23. The minimum Gasteiger partial charge on any atom is -0.480 e. The lowest BCUT2D eigenvalue weighted by atomic mass is 10.1. The highest BCUT2D eigenvalue weighted by atomic mass is 32.1. The molecule has 0 fully saturated rings. The maximum Gasteiger partial charge on any atom is 0.326 e. The van der Waals surface area contributed by atoms with E-state index >= 15 is 0 Å². The number of hydrogen-bond donors (Lipinski definition) is 2. The quantitative estimate of drug-likeness (QED) is 0.743. The maximum absolute atomic E-state index is 12.0. The van der Waals surface area contributed by atoms with Gasteiger partial charge in [0.25, 0.3) is 5.91 Å². The van der Waals surface area contributed by atoms with Crippen LogP contribution in [0.15, 0.2) is 11.4 Å². The van der Waals surface area contributed by atoms with Crippen molar-refractivity contribution >= 4 is 29.2 Å². The second-order valence-electron chi connectivity index (χ2n) is 4.11. The standard InChI is InChI=1S/C13H17NO5S/c1-3-8-6-7-20-11(8)12(16)14-9(13(17)18)4-5-10(15)19-2/h6-7,9H,3-5H2,1-2H3,(H,14,16)(H,17,18). The Morgan fingerprint density at radius 2 is 2.15 bits per heavy atom. The van der Waals surface area contributed by atoms with Gasteiger partial charge in [-0.1, -0.05) is 6.92 Å². The zero-order chi connectivity index (χ0) is 15.1. The summed E-state index contributed by atoms with van der Waals surface area (Å²) in [5.74, 6) is -2.10. The largest absolute Gasteiger partial charge is 0.480 e. The number of carboxylic acids is 1. The van der Waals surface area contributed by atoms with Gasteiger partial charge >= 0.3 is 11.9 Å². The number of aliphatic carboxylic acids is 1. The number of carboxylic acid groups (broad SMARTS) is 1. The SMILES string of the molecule is CCc1ccsc1C(=O)NC(CCC(=O)OC)C(=O)O. The average Bonchev–Trinajstić information content (AvgIpc) is 2.90. The van der Waals surface area contributed by atoms with Crippen molar-refractivity contribution in [1.82, 2.24) is 5.32 Å². The smallest absolute Gasteiger partial charge is 0.326 e. The van der Waals surface area contributed by atoms with Gasteiger partial charge in [-0.05, 0) is 29.9 Å². The van der Waals surface area contributed by atoms with Crippen LogP contribution >= 0.6 is 11.3 Å². The van der Waals surface area contributed by atoms with Crippen molar-refractivity contribution in [2.45, 2.75) is 32.2 Å². The molecule has 6 nitrogen and oxygen atoms in total. The van der Waals surface area contributed by atoms with Crippen LogP contribution in [0.5, 0.6) is 0 Å². The summed E-state index contributed by atoms with van der Waals surface area (Å²) in [6, 6.07) is 0.734. The van der Waals surface area contributed by atoms with Gasteiger partial charge in [0.1, 0.15) is 6.04 Å². The summed E-state index contributed by atoms with van der Waals surface area (Å²) in [5.41, 5.74) is 0.879. The molecule has 110 valence electrons. The topological polar surface area (TPSA) is 92.7 Å². The van der Waals surface area contributed by atoms with Crippen molar-refractivity contribution in [1.29, 1.82) is 0 Å². The molecule has 1 amide bonds. The van der Waals surface area contributed by atoms with Crippen molar-refractivity contribution < 1.29 is 24.2 Å². The van der Waals surface area contributed by atoms with Gasteiger partial charge in [-0.15, -0.1) is 11.3 Å². The molecule has 0 aliphatic rings. The van der Waals surface area contributed by atoms with Crippen molar-refractivity contribution in [2.24, 2.45) is 0 Å². The highest BCUT2D eigenvalue weighted by Crippen LogP contribution is 2.17. The first-order valence-corrected chi connectivity index (χ1v) is 7.04. The number of rotatable bonds is 7. The number of nitrogens with one attached hydrogen (secondary N) is 1. The fraction of sp³-hybridized carbons (Fsp3) is 0.462. The minimum absolute atomic E-state index is 0.000576. The fourth-order valence-corrected chi connectivity index (χ4v) is 2.56. The van der Waals surface area contributed by atoms with Gasteiger partial charge in [0.15, 0.2) is 0 Å². The van der Waals surface area contributed by atoms with E-state index in [0.29, 0.717) is 11.3 Å². The van der Waals surface area contributed by atoms with Crippen LogP contribution in [0.2, 0.25) is 0 Å². The monoisotopic (exact) mass is 299 g/mol. The van der Waals surface area contributed by atoms with Crippen LogP contribution in [-0.4, -0.2) is 36.1 Å². The maximum atomic E-state index is 12.0. The first kappa shape index (κ1) is 16.2. The number of aryl methyl sites for hydroxylation is 1. The number of esters is 1. The Balaban J connectivity index is 2.68. The summed E-state index contributed by atoms with van der Waals surface area (Å²) in [6.45, 7) is 1.92. The first-order chi connectivity index (χ1) is 9.49. The molecule has 0 aliphatic heterocycles. The predicted molar refractivity (Wildman–Crippen MR) is 73.8 cm³/mol. The Morgan fingerprint density at radius 1 is 1.45 bits per heavy atom. The lowest BCUT2D eigenvalue weighted by Gasteiger charge is -2.13. The van der Waals surface area contributed by atoms with E-state index in [2.05, 4.69) is 10.1 Å². The number of hydrogen-bond acceptors (Lipinski definition) is 5. The number of carbonyl (C=O) groups is 3. The Labute approximate surface area is 120 Å². The van der Waals surface area contributed by atoms with Crippen molar-refractivity contribution in [2.75, 3.05) is 7.11 Å². The first-order valence-electron chi connectivity index (χ1n) is 6.16. The number of ether oxygens (including phenoxy) is 1. The van der Waals surface area contributed by atoms with Gasteiger partial charge in [0, 0.05) is 6.42 Å². The molecule has 1 unspecified atom stereocenters. The summed E-state index contributed by atoms with van der Waals surface area (Å²) in [5, 5.41) is 13.3. The van der Waals surface area contributed by atoms with Crippen LogP contribution in [0.3, 0.4) is 0 Å². The van der Waals surface area contributed by atoms with Crippen LogP contribution in [0.1, 0.15) is 35.0 Å². The van der Waals surface area contributed by atoms with Gasteiger partial charge < -0.3 is 15.2 Å². The zero-order valence-corrected chi connectivity index (χ0v) is 12.2. The molecular weight excluding hydrogens is 282 g/mol. The molecular formula is C13H17NO5S. The number of methoxy groups -OCH3 is 1. The molecule has 0 saturated carbocycles. The normalized spacial score (nSPS) is 11.7. The van der Waals surface area contributed by atoms with E-state index < -0.39 is 23.9 Å². The highest BCUT2D eigenvalue weighted by molar-refractivity contribution is 7.12. The molecule has 1 heterocycles. The Morgan fingerprint density at radius 3 is 2.70 bits per heavy atom. The lowest BCUT2D eigenvalue weighted by Crippen LogP contribution is -2.41. The summed E-state index contributed by atoms with van der Waals surface area (Å²) < 4.78 is 4.45. The van der Waals surface area contributed by atoms with E-state index in [9.17, 15) is 14.4 Å². The van der Waals surface area contributed by atoms with E-state index in [1.807, 2.05) is 13.0 Å². The van der Waals surface area contributed by atoms with Gasteiger partial charge in [-0.3, -0.25) is 9.59 Å². The van der Waals surface area contributed by atoms with Crippen LogP contribution in [-0.2, 0) is 20.7 Å². The molecule has 2 N–H and O–H groups in total. The molecule has 1 rings (SSSR count). The third-order valence-electron chi connectivity index (χ3n) is 2.80. The molecule has 0 aliphatic carbocycles. The molecule has 0 spiro atoms. The fourth-order valence-electron chi connectivity index (χ4n) is 1.66. The number of carbonyl (C=O) groups excluding carboxylic acids is 2. The van der Waals surface area contributed by atoms with Gasteiger partial charge in [0.05, 0.1) is 12.0 Å². The Hall–Kier alpha value is -1.89. The van der Waals surface area contributed by atoms with Gasteiger partial charge in [0.2, 0.25) is 0 Å². The second kappa shape index (κ2) is 7.64. The second-order valence-corrected chi connectivity index (χ2v) is 5.02. The van der Waals surface area contributed by atoms with E-state index in [4.69, 9.17) is 5.11 Å². The molecule has 20 heavy (non-hydrogen) atoms. The predicted octanol–water partition coefficient (Wildman–Crippen LogP) is 1.45. The summed E-state index contributed by atoms with van der Waals surface area (Å²) in [6.07, 6.45) is 0.644. The Bertz CT molecular complexity index is 497. The minimum atomic E-state index is -1.17. The Kier molecular flexibility index (Phi) is 6.17. The van der Waals surface area contributed by atoms with Crippen molar-refractivity contribution in [3.05, 3.63) is 21.9 Å². The summed E-state index contributed by atoms with van der Waals surface area (Å²) >= 11 is 1.27. The molecule has 0 saturated heterocycles. The molecule has 1 aromatic heterocycles. The van der Waals surface area contributed by atoms with Crippen LogP contribution in [0.25, 0.3) is 0 Å². The molecule has 1 atom stereocenters. The van der Waals surface area contributed by atoms with E-state index in [1.165, 1.54) is 18.4 Å².